The van der Waals surface area contributed by atoms with Crippen molar-refractivity contribution in [1.29, 1.82) is 0 Å². The van der Waals surface area contributed by atoms with E-state index in [1.54, 1.807) is 6.92 Å². The van der Waals surface area contributed by atoms with Gasteiger partial charge in [0.15, 0.2) is 5.78 Å². The average molecular weight is 196 g/mol. The van der Waals surface area contributed by atoms with Gasteiger partial charge < -0.3 is 4.74 Å². The molecule has 1 aliphatic rings. The first-order valence-corrected chi connectivity index (χ1v) is 4.91. The number of esters is 1. The summed E-state index contributed by atoms with van der Waals surface area (Å²) in [6.45, 7) is 5.35. The third-order valence-corrected chi connectivity index (χ3v) is 2.87. The summed E-state index contributed by atoms with van der Waals surface area (Å²) in [5.41, 5.74) is -0.140. The minimum absolute atomic E-state index is 0.109. The van der Waals surface area contributed by atoms with Gasteiger partial charge in [-0.3, -0.25) is 9.59 Å². The van der Waals surface area contributed by atoms with Crippen LogP contribution in [0.2, 0.25) is 0 Å². The molecule has 14 heavy (non-hydrogen) atoms. The quantitative estimate of drug-likeness (QED) is 0.393. The molecule has 1 aliphatic carbocycles. The monoisotopic (exact) mass is 196 g/mol. The van der Waals surface area contributed by atoms with E-state index in [0.717, 1.165) is 12.0 Å². The molecule has 0 aliphatic heterocycles. The fraction of sp³-hybridized carbons (Fsp3) is 0.636. The van der Waals surface area contributed by atoms with Gasteiger partial charge >= 0.3 is 5.97 Å². The second-order valence-corrected chi connectivity index (χ2v) is 3.61. The molecule has 0 N–H and O–H groups in total. The molecule has 0 amide bonds. The van der Waals surface area contributed by atoms with Gasteiger partial charge in [0.25, 0.3) is 0 Å². The van der Waals surface area contributed by atoms with Gasteiger partial charge in [-0.2, -0.15) is 0 Å². The number of allylic oxidation sites excluding steroid dienone is 1. The lowest BCUT2D eigenvalue weighted by molar-refractivity contribution is -0.156. The van der Waals surface area contributed by atoms with Crippen molar-refractivity contribution in [2.45, 2.75) is 33.6 Å². The zero-order valence-electron chi connectivity index (χ0n) is 8.92. The summed E-state index contributed by atoms with van der Waals surface area (Å²) < 4.78 is 4.96. The minimum Gasteiger partial charge on any atom is -0.465 e. The van der Waals surface area contributed by atoms with E-state index < -0.39 is 11.4 Å². The van der Waals surface area contributed by atoms with E-state index in [0.29, 0.717) is 13.0 Å². The Morgan fingerprint density at radius 3 is 2.57 bits per heavy atom. The van der Waals surface area contributed by atoms with Gasteiger partial charge in [-0.1, -0.05) is 11.6 Å². The zero-order valence-corrected chi connectivity index (χ0v) is 8.92. The van der Waals surface area contributed by atoms with E-state index >= 15 is 0 Å². The van der Waals surface area contributed by atoms with Crippen LogP contribution >= 0.6 is 0 Å². The highest BCUT2D eigenvalue weighted by atomic mass is 16.5. The first-order valence-electron chi connectivity index (χ1n) is 4.91. The molecule has 1 atom stereocenters. The SMILES string of the molecule is CCOC(=O)C1(C(C)=O)CCC=C1C. The molecule has 0 fully saturated rings. The van der Waals surface area contributed by atoms with Crippen molar-refractivity contribution in [1.82, 2.24) is 0 Å². The number of Topliss-reactive ketones (excluding diaryl/α,β-unsaturated/α-hetero) is 1. The highest BCUT2D eigenvalue weighted by Gasteiger charge is 2.47. The Hall–Kier alpha value is -1.12. The van der Waals surface area contributed by atoms with Crippen LogP contribution in [0.4, 0.5) is 0 Å². The van der Waals surface area contributed by atoms with Crippen molar-refractivity contribution in [2.24, 2.45) is 5.41 Å². The molecule has 1 rings (SSSR count). The van der Waals surface area contributed by atoms with Crippen LogP contribution in [0.1, 0.15) is 33.6 Å². The molecular formula is C11H16O3. The first kappa shape index (κ1) is 11.0. The maximum absolute atomic E-state index is 11.7. The Bertz CT molecular complexity index is 291. The molecule has 0 bridgehead atoms. The minimum atomic E-state index is -0.976. The van der Waals surface area contributed by atoms with Crippen LogP contribution in [0.25, 0.3) is 0 Å². The second-order valence-electron chi connectivity index (χ2n) is 3.61. The number of hydrogen-bond acceptors (Lipinski definition) is 3. The third-order valence-electron chi connectivity index (χ3n) is 2.87. The molecule has 0 heterocycles. The van der Waals surface area contributed by atoms with Gasteiger partial charge in [0.1, 0.15) is 5.41 Å². The van der Waals surface area contributed by atoms with E-state index in [9.17, 15) is 9.59 Å². The molecule has 78 valence electrons. The number of carbonyl (C=O) groups excluding carboxylic acids is 2. The smallest absolute Gasteiger partial charge is 0.323 e. The largest absolute Gasteiger partial charge is 0.465 e. The Balaban J connectivity index is 3.00. The number of rotatable bonds is 3. The lowest BCUT2D eigenvalue weighted by Crippen LogP contribution is -2.38. The molecule has 0 radical (unpaired) electrons. The van der Waals surface area contributed by atoms with Crippen molar-refractivity contribution < 1.29 is 14.3 Å². The van der Waals surface area contributed by atoms with Crippen molar-refractivity contribution in [3.05, 3.63) is 11.6 Å². The molecule has 1 unspecified atom stereocenters. The summed E-state index contributed by atoms with van der Waals surface area (Å²) in [6, 6.07) is 0. The van der Waals surface area contributed by atoms with E-state index in [1.807, 2.05) is 13.0 Å². The van der Waals surface area contributed by atoms with Crippen LogP contribution in [0.3, 0.4) is 0 Å². The van der Waals surface area contributed by atoms with Crippen LogP contribution in [-0.2, 0) is 14.3 Å². The van der Waals surface area contributed by atoms with Crippen molar-refractivity contribution in [2.75, 3.05) is 6.61 Å². The van der Waals surface area contributed by atoms with Gasteiger partial charge in [0.05, 0.1) is 6.61 Å². The lowest BCUT2D eigenvalue weighted by atomic mass is 9.78. The number of hydrogen-bond donors (Lipinski definition) is 0. The topological polar surface area (TPSA) is 43.4 Å². The first-order chi connectivity index (χ1) is 6.55. The fourth-order valence-electron chi connectivity index (χ4n) is 1.99. The highest BCUT2D eigenvalue weighted by Crippen LogP contribution is 2.40. The fourth-order valence-corrected chi connectivity index (χ4v) is 1.99. The van der Waals surface area contributed by atoms with Gasteiger partial charge in [-0.25, -0.2) is 0 Å². The van der Waals surface area contributed by atoms with Crippen LogP contribution in [0, 0.1) is 5.41 Å². The number of carbonyl (C=O) groups is 2. The van der Waals surface area contributed by atoms with Crippen molar-refractivity contribution >= 4 is 11.8 Å². The maximum atomic E-state index is 11.7. The zero-order chi connectivity index (χ0) is 10.8. The Kier molecular flexibility index (Phi) is 3.09. The van der Waals surface area contributed by atoms with Crippen LogP contribution in [0.5, 0.6) is 0 Å². The van der Waals surface area contributed by atoms with Gasteiger partial charge in [0, 0.05) is 0 Å². The Morgan fingerprint density at radius 1 is 1.57 bits per heavy atom. The Morgan fingerprint density at radius 2 is 2.21 bits per heavy atom. The molecule has 0 aromatic carbocycles. The molecule has 0 saturated heterocycles. The standard InChI is InChI=1S/C11H16O3/c1-4-14-10(13)11(9(3)12)7-5-6-8(11)2/h6H,4-5,7H2,1-3H3. The lowest BCUT2D eigenvalue weighted by Gasteiger charge is -2.25. The normalized spacial score (nSPS) is 25.8. The summed E-state index contributed by atoms with van der Waals surface area (Å²) in [5.74, 6) is -0.499. The van der Waals surface area contributed by atoms with Crippen LogP contribution < -0.4 is 0 Å². The molecular weight excluding hydrogens is 180 g/mol. The summed E-state index contributed by atoms with van der Waals surface area (Å²) in [5, 5.41) is 0. The summed E-state index contributed by atoms with van der Waals surface area (Å²) in [4.78, 5) is 23.3. The second kappa shape index (κ2) is 3.95. The van der Waals surface area contributed by atoms with Crippen LogP contribution in [-0.4, -0.2) is 18.4 Å². The summed E-state index contributed by atoms with van der Waals surface area (Å²) in [7, 11) is 0. The summed E-state index contributed by atoms with van der Waals surface area (Å²) >= 11 is 0. The molecule has 0 saturated carbocycles. The molecule has 0 aromatic rings. The van der Waals surface area contributed by atoms with Gasteiger partial charge in [0.2, 0.25) is 0 Å². The number of ether oxygens (including phenoxy) is 1. The summed E-state index contributed by atoms with van der Waals surface area (Å²) in [6.07, 6.45) is 3.29. The maximum Gasteiger partial charge on any atom is 0.323 e. The molecule has 3 nitrogen and oxygen atoms in total. The highest BCUT2D eigenvalue weighted by molar-refractivity contribution is 6.06. The van der Waals surface area contributed by atoms with Crippen molar-refractivity contribution in [3.63, 3.8) is 0 Å². The van der Waals surface area contributed by atoms with Gasteiger partial charge in [-0.15, -0.1) is 0 Å². The van der Waals surface area contributed by atoms with E-state index in [2.05, 4.69) is 0 Å². The molecule has 0 spiro atoms. The number of ketones is 1. The predicted molar refractivity (Wildman–Crippen MR) is 52.7 cm³/mol. The van der Waals surface area contributed by atoms with E-state index in [4.69, 9.17) is 4.74 Å². The third kappa shape index (κ3) is 1.47. The van der Waals surface area contributed by atoms with Crippen LogP contribution in [0.15, 0.2) is 11.6 Å². The predicted octanol–water partition coefficient (Wildman–Crippen LogP) is 1.86. The van der Waals surface area contributed by atoms with Gasteiger partial charge in [-0.05, 0) is 33.6 Å². The molecule has 0 aromatic heterocycles. The Labute approximate surface area is 84.1 Å². The van der Waals surface area contributed by atoms with Crippen molar-refractivity contribution in [3.8, 4) is 0 Å². The van der Waals surface area contributed by atoms with E-state index in [-0.39, 0.29) is 5.78 Å². The van der Waals surface area contributed by atoms with E-state index in [1.165, 1.54) is 6.92 Å². The molecule has 3 heteroatoms. The average Bonchev–Trinajstić information content (AvgIpc) is 2.48.